The Bertz CT molecular complexity index is 3320. The molecule has 0 atom stereocenters. The van der Waals surface area contributed by atoms with Gasteiger partial charge in [0.2, 0.25) is 0 Å². The molecule has 0 N–H and O–H groups in total. The number of benzene rings is 10. The zero-order valence-corrected chi connectivity index (χ0v) is 31.5. The summed E-state index contributed by atoms with van der Waals surface area (Å²) in [6.45, 7) is 0. The number of nitrogens with zero attached hydrogens (tertiary/aromatic N) is 3. The minimum atomic E-state index is 0.632. The van der Waals surface area contributed by atoms with Crippen molar-refractivity contribution in [1.29, 1.82) is 0 Å². The lowest BCUT2D eigenvalue weighted by molar-refractivity contribution is 1.08. The van der Waals surface area contributed by atoms with Crippen LogP contribution < -0.4 is 0 Å². The maximum absolute atomic E-state index is 5.24. The molecule has 1 aromatic heterocycles. The fraction of sp³-hybridized carbons (Fsp3) is 0. The van der Waals surface area contributed by atoms with Crippen LogP contribution in [0.5, 0.6) is 0 Å². The van der Waals surface area contributed by atoms with Crippen molar-refractivity contribution < 1.29 is 0 Å². The van der Waals surface area contributed by atoms with Crippen LogP contribution in [0.25, 0.3) is 111 Å². The molecule has 0 aliphatic rings. The van der Waals surface area contributed by atoms with Crippen molar-refractivity contribution in [1.82, 2.24) is 15.0 Å². The monoisotopic (exact) mass is 737 g/mol. The van der Waals surface area contributed by atoms with Gasteiger partial charge in [0.15, 0.2) is 17.5 Å². The van der Waals surface area contributed by atoms with Crippen LogP contribution in [-0.2, 0) is 0 Å². The van der Waals surface area contributed by atoms with Crippen molar-refractivity contribution >= 4 is 43.1 Å². The van der Waals surface area contributed by atoms with Gasteiger partial charge in [0.25, 0.3) is 0 Å². The summed E-state index contributed by atoms with van der Waals surface area (Å²) in [4.78, 5) is 15.6. The fourth-order valence-corrected chi connectivity index (χ4v) is 8.34. The van der Waals surface area contributed by atoms with Crippen molar-refractivity contribution in [2.24, 2.45) is 0 Å². The van der Waals surface area contributed by atoms with Crippen LogP contribution in [0.3, 0.4) is 0 Å². The molecule has 0 aliphatic carbocycles. The van der Waals surface area contributed by atoms with E-state index >= 15 is 0 Å². The normalized spacial score (nSPS) is 11.4. The molecule has 10 aromatic carbocycles. The van der Waals surface area contributed by atoms with Crippen molar-refractivity contribution in [3.8, 4) is 67.5 Å². The number of hydrogen-bond acceptors (Lipinski definition) is 3. The lowest BCUT2D eigenvalue weighted by Crippen LogP contribution is -2.00. The Kier molecular flexibility index (Phi) is 8.15. The largest absolute Gasteiger partial charge is 0.208 e. The maximum Gasteiger partial charge on any atom is 0.164 e. The molecule has 0 aliphatic heterocycles. The van der Waals surface area contributed by atoms with E-state index in [1.54, 1.807) is 0 Å². The highest BCUT2D eigenvalue weighted by Gasteiger charge is 2.16. The van der Waals surface area contributed by atoms with E-state index < -0.39 is 0 Å². The summed E-state index contributed by atoms with van der Waals surface area (Å²) < 4.78 is 0. The molecule has 11 aromatic rings. The summed E-state index contributed by atoms with van der Waals surface area (Å²) in [6, 6.07) is 75.4. The third kappa shape index (κ3) is 6.07. The predicted molar refractivity (Wildman–Crippen MR) is 242 cm³/mol. The molecule has 0 spiro atoms. The molecule has 11 rings (SSSR count). The van der Waals surface area contributed by atoms with E-state index in [9.17, 15) is 0 Å². The highest BCUT2D eigenvalue weighted by molar-refractivity contribution is 6.01. The molecule has 58 heavy (non-hydrogen) atoms. The first-order valence-electron chi connectivity index (χ1n) is 19.7. The zero-order valence-electron chi connectivity index (χ0n) is 31.5. The van der Waals surface area contributed by atoms with E-state index in [2.05, 4.69) is 212 Å². The Balaban J connectivity index is 1.05. The van der Waals surface area contributed by atoms with Gasteiger partial charge in [0.05, 0.1) is 0 Å². The molecule has 270 valence electrons. The molecule has 0 fully saturated rings. The average molecular weight is 738 g/mol. The lowest BCUT2D eigenvalue weighted by atomic mass is 9.95. The Morgan fingerprint density at radius 2 is 0.655 bits per heavy atom. The van der Waals surface area contributed by atoms with Crippen LogP contribution in [0, 0.1) is 0 Å². The Morgan fingerprint density at radius 1 is 0.207 bits per heavy atom. The van der Waals surface area contributed by atoms with Crippen LogP contribution in [-0.4, -0.2) is 15.0 Å². The Labute approximate surface area is 336 Å². The summed E-state index contributed by atoms with van der Waals surface area (Å²) in [5.41, 5.74) is 9.92. The standard InChI is InChI=1S/C55H35N3/c1-2-11-36(12-3-1)44-28-25-39-17-10-22-51(52(39)35-44)55-57-53(41-26-23-40(24-27-41)49-20-8-15-37-13-4-6-18-47(37)49)56-54(58-55)46-32-30-42-33-45(31-29-43(42)34-46)50-21-9-16-38-14-5-7-19-48(38)50/h1-35H. The minimum absolute atomic E-state index is 0.632. The Hall–Kier alpha value is -7.75. The van der Waals surface area contributed by atoms with Gasteiger partial charge in [-0.1, -0.05) is 194 Å². The fourth-order valence-electron chi connectivity index (χ4n) is 8.34. The summed E-state index contributed by atoms with van der Waals surface area (Å²) >= 11 is 0. The summed E-state index contributed by atoms with van der Waals surface area (Å²) in [7, 11) is 0. The first kappa shape index (κ1) is 33.6. The average Bonchev–Trinajstić information content (AvgIpc) is 3.30. The van der Waals surface area contributed by atoms with Crippen molar-refractivity contribution in [2.45, 2.75) is 0 Å². The van der Waals surface area contributed by atoms with Crippen molar-refractivity contribution in [2.75, 3.05) is 0 Å². The lowest BCUT2D eigenvalue weighted by Gasteiger charge is -2.13. The van der Waals surface area contributed by atoms with Gasteiger partial charge in [0, 0.05) is 16.7 Å². The number of rotatable bonds is 6. The van der Waals surface area contributed by atoms with E-state index in [0.29, 0.717) is 17.5 Å². The van der Waals surface area contributed by atoms with Crippen LogP contribution in [0.2, 0.25) is 0 Å². The summed E-state index contributed by atoms with van der Waals surface area (Å²) in [6.07, 6.45) is 0. The second kappa shape index (κ2) is 14.1. The van der Waals surface area contributed by atoms with Gasteiger partial charge in [-0.05, 0) is 94.7 Å². The van der Waals surface area contributed by atoms with Crippen molar-refractivity contribution in [3.63, 3.8) is 0 Å². The van der Waals surface area contributed by atoms with Gasteiger partial charge in [-0.2, -0.15) is 0 Å². The van der Waals surface area contributed by atoms with E-state index in [-0.39, 0.29) is 0 Å². The van der Waals surface area contributed by atoms with Gasteiger partial charge < -0.3 is 0 Å². The predicted octanol–water partition coefficient (Wildman–Crippen LogP) is 14.5. The molecule has 0 saturated carbocycles. The molecule has 0 amide bonds. The topological polar surface area (TPSA) is 38.7 Å². The van der Waals surface area contributed by atoms with E-state index in [0.717, 1.165) is 49.4 Å². The second-order valence-corrected chi connectivity index (χ2v) is 14.8. The van der Waals surface area contributed by atoms with Gasteiger partial charge in [-0.25, -0.2) is 15.0 Å². The van der Waals surface area contributed by atoms with Crippen LogP contribution >= 0.6 is 0 Å². The first-order valence-corrected chi connectivity index (χ1v) is 19.7. The van der Waals surface area contributed by atoms with Crippen molar-refractivity contribution in [3.05, 3.63) is 212 Å². The van der Waals surface area contributed by atoms with E-state index in [4.69, 9.17) is 15.0 Å². The molecule has 0 saturated heterocycles. The van der Waals surface area contributed by atoms with Gasteiger partial charge in [-0.15, -0.1) is 0 Å². The van der Waals surface area contributed by atoms with Crippen LogP contribution in [0.1, 0.15) is 0 Å². The Morgan fingerprint density at radius 3 is 1.34 bits per heavy atom. The quantitative estimate of drug-likeness (QED) is 0.171. The molecule has 1 heterocycles. The highest BCUT2D eigenvalue weighted by Crippen LogP contribution is 2.36. The van der Waals surface area contributed by atoms with Gasteiger partial charge in [0.1, 0.15) is 0 Å². The van der Waals surface area contributed by atoms with Crippen LogP contribution in [0.4, 0.5) is 0 Å². The number of fused-ring (bicyclic) bond motifs is 4. The first-order chi connectivity index (χ1) is 28.7. The second-order valence-electron chi connectivity index (χ2n) is 14.8. The third-order valence-electron chi connectivity index (χ3n) is 11.3. The maximum atomic E-state index is 5.24. The molecule has 0 bridgehead atoms. The molecular weight excluding hydrogens is 703 g/mol. The summed E-state index contributed by atoms with van der Waals surface area (Å²) in [5, 5.41) is 9.46. The number of aromatic nitrogens is 3. The van der Waals surface area contributed by atoms with E-state index in [1.165, 1.54) is 43.8 Å². The van der Waals surface area contributed by atoms with Gasteiger partial charge in [-0.3, -0.25) is 0 Å². The van der Waals surface area contributed by atoms with E-state index in [1.807, 2.05) is 0 Å². The smallest absolute Gasteiger partial charge is 0.164 e. The molecular formula is C55H35N3. The van der Waals surface area contributed by atoms with Gasteiger partial charge >= 0.3 is 0 Å². The minimum Gasteiger partial charge on any atom is -0.208 e. The molecule has 0 unspecified atom stereocenters. The molecule has 0 radical (unpaired) electrons. The molecule has 3 nitrogen and oxygen atoms in total. The SMILES string of the molecule is c1ccc(-c2ccc3cccc(-c4nc(-c5ccc(-c6cccc7ccccc67)cc5)nc(-c5ccc6cc(-c7cccc8ccccc78)ccc6c5)n4)c3c2)cc1. The number of hydrogen-bond donors (Lipinski definition) is 0. The zero-order chi connectivity index (χ0) is 38.4. The molecule has 3 heteroatoms. The summed E-state index contributed by atoms with van der Waals surface area (Å²) in [5.74, 6) is 1.90. The highest BCUT2D eigenvalue weighted by atomic mass is 15.0. The van der Waals surface area contributed by atoms with Crippen LogP contribution in [0.15, 0.2) is 212 Å². The third-order valence-corrected chi connectivity index (χ3v) is 11.3.